The Morgan fingerprint density at radius 3 is 2.44 bits per heavy atom. The van der Waals surface area contributed by atoms with Crippen molar-refractivity contribution in [3.05, 3.63) is 65.7 Å². The third kappa shape index (κ3) is 3.89. The molecule has 146 valence electrons. The molecule has 0 spiro atoms. The van der Waals surface area contributed by atoms with E-state index in [9.17, 15) is 4.21 Å². The van der Waals surface area contributed by atoms with Crippen LogP contribution >= 0.6 is 0 Å². The Morgan fingerprint density at radius 2 is 1.78 bits per heavy atom. The topological polar surface area (TPSA) is 35.5 Å². The number of unbranched alkanes of at least 4 members (excludes halogenated alkanes) is 1. The number of methoxy groups -OCH3 is 1. The van der Waals surface area contributed by atoms with Gasteiger partial charge in [-0.3, -0.25) is 4.18 Å². The van der Waals surface area contributed by atoms with Gasteiger partial charge in [-0.05, 0) is 36.3 Å². The Kier molecular flexibility index (Phi) is 6.51. The summed E-state index contributed by atoms with van der Waals surface area (Å²) < 4.78 is 25.2. The van der Waals surface area contributed by atoms with E-state index in [1.54, 1.807) is 7.11 Å². The van der Waals surface area contributed by atoms with Crippen molar-refractivity contribution in [1.29, 1.82) is 0 Å². The zero-order chi connectivity index (χ0) is 19.3. The second-order valence-corrected chi connectivity index (χ2v) is 8.67. The van der Waals surface area contributed by atoms with Crippen LogP contribution in [-0.4, -0.2) is 17.9 Å². The largest absolute Gasteiger partial charge is 0.369 e. The van der Waals surface area contributed by atoms with Crippen molar-refractivity contribution < 1.29 is 13.1 Å². The van der Waals surface area contributed by atoms with Crippen LogP contribution in [0.15, 0.2) is 59.5 Å². The molecule has 1 heterocycles. The van der Waals surface area contributed by atoms with Gasteiger partial charge in [-0.25, -0.2) is 4.21 Å². The van der Waals surface area contributed by atoms with E-state index in [2.05, 4.69) is 26.0 Å². The Balaban J connectivity index is 2.23. The lowest BCUT2D eigenvalue weighted by atomic mass is 9.68. The molecule has 1 aliphatic rings. The third-order valence-corrected chi connectivity index (χ3v) is 7.04. The fourth-order valence-electron chi connectivity index (χ4n) is 4.24. The maximum atomic E-state index is 13.0. The molecule has 4 heteroatoms. The summed E-state index contributed by atoms with van der Waals surface area (Å²) in [5.74, 6) is 0. The van der Waals surface area contributed by atoms with E-state index < -0.39 is 16.7 Å². The van der Waals surface area contributed by atoms with Crippen molar-refractivity contribution in [2.75, 3.05) is 13.7 Å². The number of hydrogen-bond acceptors (Lipinski definition) is 3. The summed E-state index contributed by atoms with van der Waals surface area (Å²) in [4.78, 5) is 0.711. The van der Waals surface area contributed by atoms with Crippen LogP contribution in [0.3, 0.4) is 0 Å². The molecule has 2 aromatic rings. The smallest absolute Gasteiger partial charge is 0.189 e. The van der Waals surface area contributed by atoms with Crippen molar-refractivity contribution in [2.45, 2.75) is 56.4 Å². The number of hydrogen-bond donors (Lipinski definition) is 0. The highest BCUT2D eigenvalue weighted by atomic mass is 32.2. The molecule has 0 aromatic heterocycles. The highest BCUT2D eigenvalue weighted by Gasteiger charge is 2.46. The monoisotopic (exact) mass is 386 g/mol. The first-order valence-electron chi connectivity index (χ1n) is 9.86. The second-order valence-electron chi connectivity index (χ2n) is 7.52. The molecule has 0 bridgehead atoms. The zero-order valence-electron chi connectivity index (χ0n) is 16.6. The summed E-state index contributed by atoms with van der Waals surface area (Å²) in [7, 11) is 1.77. The Labute approximate surface area is 165 Å². The van der Waals surface area contributed by atoms with E-state index in [0.717, 1.165) is 43.2 Å². The molecular formula is C23H30O3S. The fourth-order valence-corrected chi connectivity index (χ4v) is 5.33. The minimum Gasteiger partial charge on any atom is -0.369 e. The molecule has 3 rings (SSSR count). The van der Waals surface area contributed by atoms with Crippen LogP contribution in [0.25, 0.3) is 0 Å². The molecule has 1 aliphatic heterocycles. The van der Waals surface area contributed by atoms with E-state index in [1.165, 1.54) is 0 Å². The summed E-state index contributed by atoms with van der Waals surface area (Å²) in [5.41, 5.74) is 1.34. The van der Waals surface area contributed by atoms with Crippen molar-refractivity contribution in [3.8, 4) is 0 Å². The van der Waals surface area contributed by atoms with Gasteiger partial charge in [0.05, 0.1) is 11.5 Å². The van der Waals surface area contributed by atoms with Crippen molar-refractivity contribution in [3.63, 3.8) is 0 Å². The Bertz CT molecular complexity index is 776. The molecule has 0 saturated heterocycles. The molecule has 0 saturated carbocycles. The lowest BCUT2D eigenvalue weighted by Gasteiger charge is -2.45. The first-order chi connectivity index (χ1) is 13.1. The molecular weight excluding hydrogens is 356 g/mol. The van der Waals surface area contributed by atoms with Crippen LogP contribution in [-0.2, 0) is 25.6 Å². The van der Waals surface area contributed by atoms with Crippen molar-refractivity contribution >= 4 is 11.1 Å². The standard InChI is InChI=1S/C23H30O3S/c1-4-6-16-22(5-2)17-23(25-3,19-12-8-7-9-13-19)20-14-10-11-15-21(20)27(24)26-18-22/h7-15H,4-6,16-18H2,1-3H3/t22-,23+,27?/m0/s1. The molecule has 3 nitrogen and oxygen atoms in total. The van der Waals surface area contributed by atoms with E-state index in [4.69, 9.17) is 8.92 Å². The molecule has 1 unspecified atom stereocenters. The number of fused-ring (bicyclic) bond motifs is 1. The van der Waals surface area contributed by atoms with Crippen LogP contribution < -0.4 is 0 Å². The number of rotatable bonds is 6. The van der Waals surface area contributed by atoms with E-state index >= 15 is 0 Å². The van der Waals surface area contributed by atoms with Crippen LogP contribution in [0.5, 0.6) is 0 Å². The van der Waals surface area contributed by atoms with Gasteiger partial charge >= 0.3 is 0 Å². The molecule has 0 amide bonds. The molecule has 3 atom stereocenters. The van der Waals surface area contributed by atoms with Gasteiger partial charge in [-0.15, -0.1) is 0 Å². The van der Waals surface area contributed by atoms with Crippen LogP contribution in [0, 0.1) is 5.41 Å². The summed E-state index contributed by atoms with van der Waals surface area (Å²) >= 11 is -1.50. The predicted molar refractivity (Wildman–Crippen MR) is 110 cm³/mol. The van der Waals surface area contributed by atoms with Gasteiger partial charge in [0, 0.05) is 12.7 Å². The summed E-state index contributed by atoms with van der Waals surface area (Å²) in [6.07, 6.45) is 5.07. The highest BCUT2D eigenvalue weighted by Crippen LogP contribution is 2.49. The van der Waals surface area contributed by atoms with Crippen molar-refractivity contribution in [1.82, 2.24) is 0 Å². The van der Waals surface area contributed by atoms with Gasteiger partial charge in [0.1, 0.15) is 5.60 Å². The van der Waals surface area contributed by atoms with E-state index in [-0.39, 0.29) is 5.41 Å². The lowest BCUT2D eigenvalue weighted by molar-refractivity contribution is -0.0426. The number of benzene rings is 2. The maximum absolute atomic E-state index is 13.0. The SMILES string of the molecule is CCCC[C@]1(CC)COS(=O)c2ccccc2[C@](OC)(c2ccccc2)C1. The van der Waals surface area contributed by atoms with Crippen LogP contribution in [0.1, 0.15) is 57.1 Å². The second kappa shape index (κ2) is 8.68. The first-order valence-corrected chi connectivity index (χ1v) is 10.9. The van der Waals surface area contributed by atoms with Gasteiger partial charge in [0.2, 0.25) is 0 Å². The Morgan fingerprint density at radius 1 is 1.07 bits per heavy atom. The minimum atomic E-state index is -1.50. The molecule has 27 heavy (non-hydrogen) atoms. The average molecular weight is 387 g/mol. The Hall–Kier alpha value is -1.49. The lowest BCUT2D eigenvalue weighted by Crippen LogP contribution is -2.42. The molecule has 0 radical (unpaired) electrons. The first kappa shape index (κ1) is 20.2. The average Bonchev–Trinajstić information content (AvgIpc) is 2.73. The van der Waals surface area contributed by atoms with Crippen LogP contribution in [0.2, 0.25) is 0 Å². The molecule has 2 aromatic carbocycles. The van der Waals surface area contributed by atoms with Gasteiger partial charge in [0.15, 0.2) is 11.1 Å². The quantitative estimate of drug-likeness (QED) is 0.648. The van der Waals surface area contributed by atoms with Gasteiger partial charge in [-0.1, -0.05) is 75.2 Å². The summed E-state index contributed by atoms with van der Waals surface area (Å²) in [5, 5.41) is 0. The van der Waals surface area contributed by atoms with Crippen molar-refractivity contribution in [2.24, 2.45) is 5.41 Å². The highest BCUT2D eigenvalue weighted by molar-refractivity contribution is 7.80. The zero-order valence-corrected chi connectivity index (χ0v) is 17.4. The van der Waals surface area contributed by atoms with Gasteiger partial charge < -0.3 is 4.74 Å². The van der Waals surface area contributed by atoms with Crippen LogP contribution in [0.4, 0.5) is 0 Å². The fraction of sp³-hybridized carbons (Fsp3) is 0.478. The summed E-state index contributed by atoms with van der Waals surface area (Å²) in [6, 6.07) is 18.2. The molecule has 0 aliphatic carbocycles. The maximum Gasteiger partial charge on any atom is 0.189 e. The van der Waals surface area contributed by atoms with E-state index in [0.29, 0.717) is 11.5 Å². The molecule has 0 fully saturated rings. The molecule has 0 N–H and O–H groups in total. The minimum absolute atomic E-state index is 0.0783. The van der Waals surface area contributed by atoms with Gasteiger partial charge in [-0.2, -0.15) is 0 Å². The normalized spacial score (nSPS) is 28.2. The summed E-state index contributed by atoms with van der Waals surface area (Å²) in [6.45, 7) is 4.91. The predicted octanol–water partition coefficient (Wildman–Crippen LogP) is 5.61. The number of ether oxygens (including phenoxy) is 1. The van der Waals surface area contributed by atoms with Gasteiger partial charge in [0.25, 0.3) is 0 Å². The third-order valence-electron chi connectivity index (χ3n) is 6.00. The van der Waals surface area contributed by atoms with E-state index in [1.807, 2.05) is 42.5 Å².